The average molecular weight is 293 g/mol. The quantitative estimate of drug-likeness (QED) is 0.804. The second-order valence-electron chi connectivity index (χ2n) is 4.99. The van der Waals surface area contributed by atoms with Crippen molar-refractivity contribution >= 4 is 0 Å². The first-order valence-corrected chi connectivity index (χ1v) is 6.62. The van der Waals surface area contributed by atoms with Crippen LogP contribution in [0, 0.1) is 11.6 Å². The summed E-state index contributed by atoms with van der Waals surface area (Å²) in [6.45, 7) is 3.56. The number of rotatable bonds is 4. The van der Waals surface area contributed by atoms with E-state index in [2.05, 4.69) is 5.32 Å². The van der Waals surface area contributed by atoms with Crippen molar-refractivity contribution in [3.05, 3.63) is 59.2 Å². The Bertz CT molecular complexity index is 626. The van der Waals surface area contributed by atoms with Gasteiger partial charge < -0.3 is 15.5 Å². The third-order valence-electron chi connectivity index (χ3n) is 3.44. The standard InChI is InChI=1S/C16H17F2NO2/c1-9(11-6-7-12(17)13(18)8-11)19-10(2)16-14(20)4-3-5-15(16)21/h3-10,19-21H,1-2H3. The number of halogens is 2. The van der Waals surface area contributed by atoms with Gasteiger partial charge in [-0.25, -0.2) is 8.78 Å². The average Bonchev–Trinajstić information content (AvgIpc) is 2.41. The maximum absolute atomic E-state index is 13.2. The summed E-state index contributed by atoms with van der Waals surface area (Å²) in [6, 6.07) is 7.55. The summed E-state index contributed by atoms with van der Waals surface area (Å²) in [6.07, 6.45) is 0. The number of hydrogen-bond acceptors (Lipinski definition) is 3. The van der Waals surface area contributed by atoms with Crippen molar-refractivity contribution in [1.82, 2.24) is 5.32 Å². The molecule has 112 valence electrons. The van der Waals surface area contributed by atoms with E-state index in [0.29, 0.717) is 11.1 Å². The Hall–Kier alpha value is -2.14. The second kappa shape index (κ2) is 6.10. The van der Waals surface area contributed by atoms with E-state index in [1.165, 1.54) is 18.2 Å². The van der Waals surface area contributed by atoms with Gasteiger partial charge in [-0.2, -0.15) is 0 Å². The molecule has 2 atom stereocenters. The molecule has 3 nitrogen and oxygen atoms in total. The molecule has 0 fully saturated rings. The largest absolute Gasteiger partial charge is 0.507 e. The maximum Gasteiger partial charge on any atom is 0.159 e. The zero-order valence-electron chi connectivity index (χ0n) is 11.8. The number of aromatic hydroxyl groups is 2. The van der Waals surface area contributed by atoms with Gasteiger partial charge in [0.15, 0.2) is 11.6 Å². The highest BCUT2D eigenvalue weighted by Crippen LogP contribution is 2.33. The number of benzene rings is 2. The molecule has 0 spiro atoms. The maximum atomic E-state index is 13.2. The minimum absolute atomic E-state index is 0.0208. The van der Waals surface area contributed by atoms with Gasteiger partial charge >= 0.3 is 0 Å². The van der Waals surface area contributed by atoms with Crippen LogP contribution in [0.4, 0.5) is 8.78 Å². The number of hydrogen-bond donors (Lipinski definition) is 3. The van der Waals surface area contributed by atoms with Crippen LogP contribution in [0.1, 0.15) is 37.1 Å². The van der Waals surface area contributed by atoms with Crippen LogP contribution >= 0.6 is 0 Å². The Labute approximate surface area is 121 Å². The molecule has 2 aromatic carbocycles. The minimum atomic E-state index is -0.904. The van der Waals surface area contributed by atoms with Gasteiger partial charge in [0, 0.05) is 12.1 Å². The van der Waals surface area contributed by atoms with E-state index >= 15 is 0 Å². The number of phenolic OH excluding ortho intramolecular Hbond substituents is 2. The Kier molecular flexibility index (Phi) is 4.43. The fourth-order valence-electron chi connectivity index (χ4n) is 2.32. The highest BCUT2D eigenvalue weighted by atomic mass is 19.2. The molecule has 0 aliphatic heterocycles. The van der Waals surface area contributed by atoms with E-state index in [0.717, 1.165) is 12.1 Å². The molecule has 5 heteroatoms. The lowest BCUT2D eigenvalue weighted by Crippen LogP contribution is -2.22. The van der Waals surface area contributed by atoms with Gasteiger partial charge in [-0.15, -0.1) is 0 Å². The van der Waals surface area contributed by atoms with Crippen molar-refractivity contribution in [3.63, 3.8) is 0 Å². The SMILES string of the molecule is CC(NC(C)c1c(O)cccc1O)c1ccc(F)c(F)c1. The van der Waals surface area contributed by atoms with Crippen LogP contribution in [0.2, 0.25) is 0 Å². The van der Waals surface area contributed by atoms with Crippen molar-refractivity contribution < 1.29 is 19.0 Å². The summed E-state index contributed by atoms with van der Waals surface area (Å²) in [5, 5.41) is 22.8. The third kappa shape index (κ3) is 3.31. The van der Waals surface area contributed by atoms with Crippen molar-refractivity contribution in [2.45, 2.75) is 25.9 Å². The van der Waals surface area contributed by atoms with Gasteiger partial charge in [0.05, 0.1) is 5.56 Å². The summed E-state index contributed by atoms with van der Waals surface area (Å²) < 4.78 is 26.2. The topological polar surface area (TPSA) is 52.5 Å². The first-order chi connectivity index (χ1) is 9.90. The van der Waals surface area contributed by atoms with Crippen molar-refractivity contribution in [3.8, 4) is 11.5 Å². The van der Waals surface area contributed by atoms with E-state index in [1.807, 2.05) is 0 Å². The normalized spacial score (nSPS) is 13.9. The smallest absolute Gasteiger partial charge is 0.159 e. The molecule has 3 N–H and O–H groups in total. The fraction of sp³-hybridized carbons (Fsp3) is 0.250. The molecular formula is C16H17F2NO2. The third-order valence-corrected chi connectivity index (χ3v) is 3.44. The van der Waals surface area contributed by atoms with Crippen LogP contribution in [0.15, 0.2) is 36.4 Å². The van der Waals surface area contributed by atoms with Gasteiger partial charge in [-0.1, -0.05) is 12.1 Å². The van der Waals surface area contributed by atoms with E-state index in [4.69, 9.17) is 0 Å². The first-order valence-electron chi connectivity index (χ1n) is 6.62. The molecule has 2 unspecified atom stereocenters. The summed E-state index contributed by atoms with van der Waals surface area (Å²) in [4.78, 5) is 0. The lowest BCUT2D eigenvalue weighted by molar-refractivity contribution is 0.406. The monoisotopic (exact) mass is 293 g/mol. The van der Waals surface area contributed by atoms with E-state index in [1.54, 1.807) is 19.9 Å². The molecule has 0 bridgehead atoms. The Morgan fingerprint density at radius 1 is 0.905 bits per heavy atom. The molecule has 0 amide bonds. The molecule has 0 saturated carbocycles. The van der Waals surface area contributed by atoms with Crippen LogP contribution in [0.3, 0.4) is 0 Å². The Morgan fingerprint density at radius 3 is 2.10 bits per heavy atom. The zero-order chi connectivity index (χ0) is 15.6. The Morgan fingerprint density at radius 2 is 1.52 bits per heavy atom. The van der Waals surface area contributed by atoms with E-state index < -0.39 is 11.6 Å². The van der Waals surface area contributed by atoms with Crippen molar-refractivity contribution in [2.24, 2.45) is 0 Å². The van der Waals surface area contributed by atoms with Crippen LogP contribution < -0.4 is 5.32 Å². The Balaban J connectivity index is 2.18. The summed E-state index contributed by atoms with van der Waals surface area (Å²) in [7, 11) is 0. The summed E-state index contributed by atoms with van der Waals surface area (Å²) >= 11 is 0. The van der Waals surface area contributed by atoms with E-state index in [-0.39, 0.29) is 23.6 Å². The second-order valence-corrected chi connectivity index (χ2v) is 4.99. The van der Waals surface area contributed by atoms with Crippen LogP contribution in [-0.4, -0.2) is 10.2 Å². The summed E-state index contributed by atoms with van der Waals surface area (Å²) in [5.74, 6) is -1.84. The minimum Gasteiger partial charge on any atom is -0.507 e. The van der Waals surface area contributed by atoms with Gasteiger partial charge in [0.25, 0.3) is 0 Å². The van der Waals surface area contributed by atoms with Crippen molar-refractivity contribution in [1.29, 1.82) is 0 Å². The van der Waals surface area contributed by atoms with Gasteiger partial charge in [0.1, 0.15) is 11.5 Å². The molecule has 2 rings (SSSR count). The molecule has 0 aromatic heterocycles. The lowest BCUT2D eigenvalue weighted by atomic mass is 10.0. The van der Waals surface area contributed by atoms with Gasteiger partial charge in [0.2, 0.25) is 0 Å². The van der Waals surface area contributed by atoms with Crippen molar-refractivity contribution in [2.75, 3.05) is 0 Å². The first kappa shape index (κ1) is 15.3. The molecule has 0 aliphatic rings. The molecule has 0 aliphatic carbocycles. The molecule has 0 saturated heterocycles. The molecular weight excluding hydrogens is 276 g/mol. The van der Waals surface area contributed by atoms with Gasteiger partial charge in [-0.3, -0.25) is 0 Å². The summed E-state index contributed by atoms with van der Waals surface area (Å²) in [5.41, 5.74) is 0.947. The zero-order valence-corrected chi connectivity index (χ0v) is 11.8. The highest BCUT2D eigenvalue weighted by Gasteiger charge is 2.18. The molecule has 0 heterocycles. The van der Waals surface area contributed by atoms with Gasteiger partial charge in [-0.05, 0) is 43.7 Å². The predicted molar refractivity (Wildman–Crippen MR) is 76.1 cm³/mol. The van der Waals surface area contributed by atoms with Crippen LogP contribution in [0.25, 0.3) is 0 Å². The predicted octanol–water partition coefficient (Wildman–Crippen LogP) is 3.79. The highest BCUT2D eigenvalue weighted by molar-refractivity contribution is 5.45. The van der Waals surface area contributed by atoms with E-state index in [9.17, 15) is 19.0 Å². The lowest BCUT2D eigenvalue weighted by Gasteiger charge is -2.22. The fourth-order valence-corrected chi connectivity index (χ4v) is 2.32. The molecule has 2 aromatic rings. The molecule has 0 radical (unpaired) electrons. The van der Waals surface area contributed by atoms with Crippen LogP contribution in [-0.2, 0) is 0 Å². The van der Waals surface area contributed by atoms with Crippen LogP contribution in [0.5, 0.6) is 11.5 Å². The number of phenols is 2. The number of nitrogens with one attached hydrogen (secondary N) is 1. The molecule has 21 heavy (non-hydrogen) atoms.